The number of benzene rings is 1. The molecule has 1 N–H and O–H groups in total. The summed E-state index contributed by atoms with van der Waals surface area (Å²) in [7, 11) is 1.73. The van der Waals surface area contributed by atoms with Gasteiger partial charge in [0, 0.05) is 44.0 Å². The Balaban J connectivity index is 1.88. The van der Waals surface area contributed by atoms with Crippen molar-refractivity contribution in [3.63, 3.8) is 0 Å². The van der Waals surface area contributed by atoms with E-state index in [-0.39, 0.29) is 11.9 Å². The summed E-state index contributed by atoms with van der Waals surface area (Å²) in [5.41, 5.74) is 3.49. The average Bonchev–Trinajstić information content (AvgIpc) is 3.02. The van der Waals surface area contributed by atoms with E-state index in [2.05, 4.69) is 35.0 Å². The van der Waals surface area contributed by atoms with Gasteiger partial charge in [-0.25, -0.2) is 4.98 Å². The van der Waals surface area contributed by atoms with E-state index in [0.29, 0.717) is 0 Å². The number of ether oxygens (including phenoxy) is 1. The Morgan fingerprint density at radius 2 is 2.04 bits per heavy atom. The third kappa shape index (κ3) is 6.06. The van der Waals surface area contributed by atoms with Crippen molar-refractivity contribution >= 4 is 17.2 Å². The molecule has 4 nitrogen and oxygen atoms in total. The van der Waals surface area contributed by atoms with E-state index in [1.807, 2.05) is 6.92 Å². The number of carbonyl (C=O) groups is 1. The number of rotatable bonds is 9. The summed E-state index contributed by atoms with van der Waals surface area (Å²) < 4.78 is 5.08. The molecular weight excluding hydrogens is 320 g/mol. The van der Waals surface area contributed by atoms with Crippen molar-refractivity contribution in [1.29, 1.82) is 0 Å². The van der Waals surface area contributed by atoms with Crippen LogP contribution in [0.5, 0.6) is 0 Å². The number of hydrogen-bond acceptors (Lipinski definition) is 4. The summed E-state index contributed by atoms with van der Waals surface area (Å²) in [6.45, 7) is 4.37. The molecule has 5 heteroatoms. The van der Waals surface area contributed by atoms with Crippen LogP contribution in [0.1, 0.15) is 37.3 Å². The molecule has 0 unspecified atom stereocenters. The van der Waals surface area contributed by atoms with Gasteiger partial charge < -0.3 is 10.1 Å². The molecule has 2 aromatic rings. The highest BCUT2D eigenvalue weighted by atomic mass is 32.1. The maximum atomic E-state index is 11.0. The fourth-order valence-electron chi connectivity index (χ4n) is 2.57. The lowest BCUT2D eigenvalue weighted by Crippen LogP contribution is -2.30. The third-order valence-corrected chi connectivity index (χ3v) is 4.76. The highest BCUT2D eigenvalue weighted by Crippen LogP contribution is 2.23. The minimum absolute atomic E-state index is 0.0303. The number of aryl methyl sites for hydroxylation is 2. The van der Waals surface area contributed by atoms with Gasteiger partial charge in [-0.05, 0) is 31.7 Å². The van der Waals surface area contributed by atoms with Crippen molar-refractivity contribution < 1.29 is 9.53 Å². The van der Waals surface area contributed by atoms with Crippen LogP contribution >= 0.6 is 11.3 Å². The Morgan fingerprint density at radius 1 is 1.29 bits per heavy atom. The highest BCUT2D eigenvalue weighted by molar-refractivity contribution is 7.09. The van der Waals surface area contributed by atoms with E-state index in [4.69, 9.17) is 9.72 Å². The van der Waals surface area contributed by atoms with Crippen LogP contribution < -0.4 is 5.32 Å². The van der Waals surface area contributed by atoms with Crippen molar-refractivity contribution in [2.45, 2.75) is 45.6 Å². The number of aromatic nitrogens is 1. The van der Waals surface area contributed by atoms with Crippen molar-refractivity contribution in [3.8, 4) is 11.3 Å². The summed E-state index contributed by atoms with van der Waals surface area (Å²) in [6.07, 6.45) is 3.88. The van der Waals surface area contributed by atoms with Gasteiger partial charge in [0.1, 0.15) is 0 Å². The van der Waals surface area contributed by atoms with Gasteiger partial charge >= 0.3 is 0 Å². The van der Waals surface area contributed by atoms with Crippen LogP contribution in [0.15, 0.2) is 29.6 Å². The zero-order valence-electron chi connectivity index (χ0n) is 14.7. The Hall–Kier alpha value is -1.72. The number of nitrogens with zero attached hydrogens (tertiary/aromatic N) is 1. The largest absolute Gasteiger partial charge is 0.385 e. The lowest BCUT2D eigenvalue weighted by atomic mass is 10.0. The Labute approximate surface area is 148 Å². The summed E-state index contributed by atoms with van der Waals surface area (Å²) in [5, 5.41) is 6.20. The molecule has 0 bridgehead atoms. The van der Waals surface area contributed by atoms with Crippen LogP contribution in [0.25, 0.3) is 11.3 Å². The number of nitrogens with one attached hydrogen (secondary N) is 1. The van der Waals surface area contributed by atoms with E-state index in [1.54, 1.807) is 25.4 Å². The van der Waals surface area contributed by atoms with Gasteiger partial charge in [-0.2, -0.15) is 0 Å². The average molecular weight is 346 g/mol. The maximum absolute atomic E-state index is 11.0. The molecule has 24 heavy (non-hydrogen) atoms. The van der Waals surface area contributed by atoms with Gasteiger partial charge in [-0.1, -0.05) is 24.3 Å². The molecule has 1 heterocycles. The zero-order chi connectivity index (χ0) is 17.4. The first-order valence-corrected chi connectivity index (χ1v) is 9.26. The van der Waals surface area contributed by atoms with Gasteiger partial charge in [0.25, 0.3) is 0 Å². The monoisotopic (exact) mass is 346 g/mol. The maximum Gasteiger partial charge on any atom is 0.217 e. The molecule has 1 aromatic heterocycles. The molecule has 0 aliphatic rings. The first kappa shape index (κ1) is 18.6. The summed E-state index contributed by atoms with van der Waals surface area (Å²) in [4.78, 5) is 15.7. The first-order chi connectivity index (χ1) is 11.6. The predicted molar refractivity (Wildman–Crippen MR) is 99.3 cm³/mol. The standard InChI is InChI=1S/C19H26N2O2S/c1-14(20-15(2)22)6-7-16-8-10-17(11-9-16)18-13-24-19(21-18)5-4-12-23-3/h8-11,13-14H,4-7,12H2,1-3H3,(H,20,22)/t14-/m0/s1. The lowest BCUT2D eigenvalue weighted by molar-refractivity contribution is -0.119. The number of amides is 1. The first-order valence-electron chi connectivity index (χ1n) is 8.38. The molecule has 0 saturated carbocycles. The normalized spacial score (nSPS) is 12.1. The van der Waals surface area contributed by atoms with Gasteiger partial charge in [0.05, 0.1) is 10.7 Å². The molecule has 2 rings (SSSR count). The quantitative estimate of drug-likeness (QED) is 0.702. The predicted octanol–water partition coefficient (Wildman–Crippen LogP) is 3.85. The van der Waals surface area contributed by atoms with Crippen LogP contribution in [-0.2, 0) is 22.4 Å². The van der Waals surface area contributed by atoms with Crippen LogP contribution in [-0.4, -0.2) is 30.6 Å². The smallest absolute Gasteiger partial charge is 0.217 e. The van der Waals surface area contributed by atoms with Crippen LogP contribution in [0, 0.1) is 0 Å². The second-order valence-corrected chi connectivity index (χ2v) is 7.00. The number of thiazole rings is 1. The zero-order valence-corrected chi connectivity index (χ0v) is 15.5. The minimum atomic E-state index is 0.0303. The fourth-order valence-corrected chi connectivity index (χ4v) is 3.42. The number of carbonyl (C=O) groups excluding carboxylic acids is 1. The van der Waals surface area contributed by atoms with Crippen molar-refractivity contribution in [2.24, 2.45) is 0 Å². The molecule has 0 radical (unpaired) electrons. The van der Waals surface area contributed by atoms with Crippen LogP contribution in [0.2, 0.25) is 0 Å². The van der Waals surface area contributed by atoms with E-state index in [1.165, 1.54) is 5.56 Å². The fraction of sp³-hybridized carbons (Fsp3) is 0.474. The van der Waals surface area contributed by atoms with Gasteiger partial charge in [0.2, 0.25) is 5.91 Å². The Morgan fingerprint density at radius 3 is 2.71 bits per heavy atom. The van der Waals surface area contributed by atoms with Crippen LogP contribution in [0.3, 0.4) is 0 Å². The molecule has 1 amide bonds. The number of methoxy groups -OCH3 is 1. The molecular formula is C19H26N2O2S. The van der Waals surface area contributed by atoms with Crippen LogP contribution in [0.4, 0.5) is 0 Å². The van der Waals surface area contributed by atoms with E-state index in [9.17, 15) is 4.79 Å². The highest BCUT2D eigenvalue weighted by Gasteiger charge is 2.06. The molecule has 130 valence electrons. The van der Waals surface area contributed by atoms with E-state index < -0.39 is 0 Å². The SMILES string of the molecule is COCCCc1nc(-c2ccc(CC[C@H](C)NC(C)=O)cc2)cs1. The Bertz CT molecular complexity index is 637. The van der Waals surface area contributed by atoms with Gasteiger partial charge in [-0.15, -0.1) is 11.3 Å². The topological polar surface area (TPSA) is 51.2 Å². The van der Waals surface area contributed by atoms with Crippen molar-refractivity contribution in [1.82, 2.24) is 10.3 Å². The second-order valence-electron chi connectivity index (χ2n) is 6.06. The summed E-state index contributed by atoms with van der Waals surface area (Å²) in [6, 6.07) is 8.77. The molecule has 0 aliphatic heterocycles. The Kier molecular flexibility index (Phi) is 7.40. The van der Waals surface area contributed by atoms with Gasteiger partial charge in [0.15, 0.2) is 0 Å². The van der Waals surface area contributed by atoms with Crippen molar-refractivity contribution in [2.75, 3.05) is 13.7 Å². The summed E-state index contributed by atoms with van der Waals surface area (Å²) >= 11 is 1.71. The molecule has 1 atom stereocenters. The lowest BCUT2D eigenvalue weighted by Gasteiger charge is -2.12. The third-order valence-electron chi connectivity index (χ3n) is 3.86. The van der Waals surface area contributed by atoms with E-state index >= 15 is 0 Å². The molecule has 0 spiro atoms. The van der Waals surface area contributed by atoms with Crippen molar-refractivity contribution in [3.05, 3.63) is 40.2 Å². The minimum Gasteiger partial charge on any atom is -0.385 e. The molecule has 0 fully saturated rings. The molecule has 0 saturated heterocycles. The second kappa shape index (κ2) is 9.55. The summed E-state index contributed by atoms with van der Waals surface area (Å²) in [5.74, 6) is 0.0303. The molecule has 1 aromatic carbocycles. The number of hydrogen-bond donors (Lipinski definition) is 1. The van der Waals surface area contributed by atoms with E-state index in [0.717, 1.165) is 48.6 Å². The van der Waals surface area contributed by atoms with Gasteiger partial charge in [-0.3, -0.25) is 4.79 Å². The molecule has 0 aliphatic carbocycles.